The molecule has 0 saturated heterocycles. The number of para-hydroxylation sites is 1. The molecule has 0 aliphatic rings. The summed E-state index contributed by atoms with van der Waals surface area (Å²) in [5.41, 5.74) is -0.799. The molecule has 0 amide bonds. The summed E-state index contributed by atoms with van der Waals surface area (Å²) >= 11 is 0. The third kappa shape index (κ3) is 8.75. The van der Waals surface area contributed by atoms with Crippen molar-refractivity contribution in [2.75, 3.05) is 0 Å². The van der Waals surface area contributed by atoms with Crippen LogP contribution >= 0.6 is 8.25 Å². The monoisotopic (exact) mass is 426 g/mol. The van der Waals surface area contributed by atoms with Crippen LogP contribution in [0.3, 0.4) is 0 Å². The van der Waals surface area contributed by atoms with Crippen LogP contribution in [-0.4, -0.2) is 74.7 Å². The predicted octanol–water partition coefficient (Wildman–Crippen LogP) is 2.77. The van der Waals surface area contributed by atoms with Gasteiger partial charge < -0.3 is 9.63 Å². The third-order valence-corrected chi connectivity index (χ3v) is 5.00. The first-order chi connectivity index (χ1) is 11.8. The zero-order chi connectivity index (χ0) is 18.3. The second-order valence-electron chi connectivity index (χ2n) is 5.28. The van der Waals surface area contributed by atoms with Gasteiger partial charge in [-0.2, -0.15) is 8.42 Å². The maximum atomic E-state index is 11.1. The third-order valence-electron chi connectivity index (χ3n) is 3.35. The Morgan fingerprint density at radius 1 is 1.04 bits per heavy atom. The molecule has 10 heteroatoms. The maximum absolute atomic E-state index is 11.1. The van der Waals surface area contributed by atoms with Gasteiger partial charge in [0.2, 0.25) is 0 Å². The molecule has 7 nitrogen and oxygen atoms in total. The van der Waals surface area contributed by atoms with Gasteiger partial charge in [-0.05, 0) is 49.1 Å². The first-order valence-corrected chi connectivity index (χ1v) is 10.3. The first-order valence-electron chi connectivity index (χ1n) is 7.52. The van der Waals surface area contributed by atoms with Gasteiger partial charge in [0.05, 0.1) is 0 Å². The Labute approximate surface area is 195 Å². The van der Waals surface area contributed by atoms with Crippen LogP contribution in [0.4, 0.5) is 0 Å². The molecule has 2 unspecified atom stereocenters. The van der Waals surface area contributed by atoms with Crippen LogP contribution in [0.25, 0.3) is 0 Å². The Hall–Kier alpha value is -0.0636. The van der Waals surface area contributed by atoms with Crippen molar-refractivity contribution in [2.45, 2.75) is 24.7 Å². The van der Waals surface area contributed by atoms with E-state index in [1.54, 1.807) is 6.07 Å². The zero-order valence-corrected chi connectivity index (χ0v) is 15.1. The summed E-state index contributed by atoms with van der Waals surface area (Å²) in [6.45, 7) is 0. The van der Waals surface area contributed by atoms with E-state index in [2.05, 4.69) is 4.52 Å². The molecule has 0 saturated carbocycles. The molecule has 2 atom stereocenters. The molecular weight excluding hydrogens is 406 g/mol. The molecule has 0 aliphatic heterocycles. The van der Waals surface area contributed by atoms with Gasteiger partial charge in [0.25, 0.3) is 10.1 Å². The van der Waals surface area contributed by atoms with Gasteiger partial charge in [0.15, 0.2) is 5.44 Å². The standard InChI is InChI=1S/C16H19O7PS.K.H/c17-24(18)23-16(25(19,20)21)11-5-7-13-6-4-10-15(12-13)22-14-8-2-1-3-9-14;;/h1-4,6,8-10,12,16,24H,5,7,11H2,(H,17,18)(H,19,20,21);;. The fourth-order valence-corrected chi connectivity index (χ4v) is 3.78. The Kier molecular flexibility index (Phi) is 10.8. The van der Waals surface area contributed by atoms with Crippen LogP contribution in [0.2, 0.25) is 0 Å². The summed E-state index contributed by atoms with van der Waals surface area (Å²) in [5, 5.41) is 0. The summed E-state index contributed by atoms with van der Waals surface area (Å²) in [5.74, 6) is 1.35. The first kappa shape index (κ1) is 24.0. The molecule has 26 heavy (non-hydrogen) atoms. The molecule has 2 N–H and O–H groups in total. The molecular formula is C16H20KO7PS. The molecule has 0 radical (unpaired) electrons. The molecule has 0 aromatic heterocycles. The average molecular weight is 426 g/mol. The van der Waals surface area contributed by atoms with E-state index in [9.17, 15) is 13.0 Å². The van der Waals surface area contributed by atoms with Crippen molar-refractivity contribution in [1.29, 1.82) is 0 Å². The fraction of sp³-hybridized carbons (Fsp3) is 0.250. The molecule has 2 rings (SSSR count). The van der Waals surface area contributed by atoms with Crippen molar-refractivity contribution in [2.24, 2.45) is 0 Å². The van der Waals surface area contributed by atoms with Crippen LogP contribution in [0.5, 0.6) is 11.5 Å². The number of hydrogen-bond donors (Lipinski definition) is 2. The molecule has 0 spiro atoms. The van der Waals surface area contributed by atoms with Crippen molar-refractivity contribution >= 4 is 69.8 Å². The van der Waals surface area contributed by atoms with Crippen molar-refractivity contribution in [1.82, 2.24) is 0 Å². The van der Waals surface area contributed by atoms with Gasteiger partial charge in [-0.15, -0.1) is 0 Å². The number of benzene rings is 2. The van der Waals surface area contributed by atoms with E-state index in [1.165, 1.54) is 0 Å². The topological polar surface area (TPSA) is 110 Å². The molecule has 0 heterocycles. The van der Waals surface area contributed by atoms with E-state index >= 15 is 0 Å². The van der Waals surface area contributed by atoms with Crippen molar-refractivity contribution in [3.63, 3.8) is 0 Å². The summed E-state index contributed by atoms with van der Waals surface area (Å²) in [7, 11) is -8.00. The Morgan fingerprint density at radius 2 is 1.69 bits per heavy atom. The van der Waals surface area contributed by atoms with E-state index in [-0.39, 0.29) is 57.8 Å². The molecule has 0 fully saturated rings. The van der Waals surface area contributed by atoms with Gasteiger partial charge in [-0.3, -0.25) is 13.6 Å². The summed E-state index contributed by atoms with van der Waals surface area (Å²) < 4.78 is 52.1. The summed E-state index contributed by atoms with van der Waals surface area (Å²) in [4.78, 5) is 8.71. The van der Waals surface area contributed by atoms with Gasteiger partial charge in [0.1, 0.15) is 11.5 Å². The quantitative estimate of drug-likeness (QED) is 0.360. The van der Waals surface area contributed by atoms with Crippen LogP contribution in [0.1, 0.15) is 18.4 Å². The predicted molar refractivity (Wildman–Crippen MR) is 101 cm³/mol. The molecule has 2 aromatic carbocycles. The van der Waals surface area contributed by atoms with E-state index in [0.717, 1.165) is 5.56 Å². The molecule has 0 bridgehead atoms. The van der Waals surface area contributed by atoms with Crippen LogP contribution in [0.15, 0.2) is 54.6 Å². The summed E-state index contributed by atoms with van der Waals surface area (Å²) in [6.07, 6.45) is 0.738. The van der Waals surface area contributed by atoms with E-state index in [1.807, 2.05) is 48.5 Å². The fourth-order valence-electron chi connectivity index (χ4n) is 2.24. The van der Waals surface area contributed by atoms with Crippen LogP contribution < -0.4 is 4.74 Å². The molecule has 138 valence electrons. The Morgan fingerprint density at radius 3 is 2.31 bits per heavy atom. The van der Waals surface area contributed by atoms with Gasteiger partial charge in [0, 0.05) is 0 Å². The van der Waals surface area contributed by atoms with E-state index in [0.29, 0.717) is 24.3 Å². The van der Waals surface area contributed by atoms with Crippen LogP contribution in [0, 0.1) is 0 Å². The molecule has 2 aromatic rings. The minimum atomic E-state index is -4.54. The Balaban J connectivity index is 0.00000338. The second kappa shape index (κ2) is 11.7. The Bertz CT molecular complexity index is 814. The minimum absolute atomic E-state index is 0. The van der Waals surface area contributed by atoms with Crippen LogP contribution in [-0.2, 0) is 25.6 Å². The normalized spacial score (nSPS) is 13.5. The SMILES string of the molecule is O=[PH](O)OC(CCCc1cccc(Oc2ccccc2)c1)S(=O)(=O)O.[KH]. The molecule has 0 aliphatic carbocycles. The van der Waals surface area contributed by atoms with Crippen molar-refractivity contribution in [3.05, 3.63) is 60.2 Å². The number of aryl methyl sites for hydroxylation is 1. The number of rotatable bonds is 9. The van der Waals surface area contributed by atoms with E-state index < -0.39 is 23.8 Å². The van der Waals surface area contributed by atoms with Gasteiger partial charge in [-0.25, -0.2) is 0 Å². The second-order valence-corrected chi connectivity index (χ2v) is 7.61. The van der Waals surface area contributed by atoms with Crippen molar-refractivity contribution < 1.29 is 31.7 Å². The van der Waals surface area contributed by atoms with Crippen molar-refractivity contribution in [3.8, 4) is 11.5 Å². The number of hydrogen-bond acceptors (Lipinski definition) is 5. The van der Waals surface area contributed by atoms with Gasteiger partial charge >= 0.3 is 59.6 Å². The average Bonchev–Trinajstić information content (AvgIpc) is 2.54. The van der Waals surface area contributed by atoms with Gasteiger partial charge in [-0.1, -0.05) is 30.3 Å². The summed E-state index contributed by atoms with van der Waals surface area (Å²) in [6, 6.07) is 16.6. The zero-order valence-electron chi connectivity index (χ0n) is 13.2. The number of ether oxygens (including phenoxy) is 1. The van der Waals surface area contributed by atoms with E-state index in [4.69, 9.17) is 14.2 Å².